The van der Waals surface area contributed by atoms with Gasteiger partial charge in [-0.1, -0.05) is 13.0 Å². The molecule has 1 amide bonds. The summed E-state index contributed by atoms with van der Waals surface area (Å²) in [6, 6.07) is 9.97. The SMILES string of the molecule is CC[C@@H](C(=O)Nc1ccc(C(=O)O)cc1)N(c1ccc(C)c(C)c1)S(C)(=O)=O. The van der Waals surface area contributed by atoms with Crippen molar-refractivity contribution in [3.05, 3.63) is 59.2 Å². The van der Waals surface area contributed by atoms with Crippen molar-refractivity contribution in [2.24, 2.45) is 0 Å². The minimum absolute atomic E-state index is 0.0953. The zero-order valence-electron chi connectivity index (χ0n) is 16.3. The van der Waals surface area contributed by atoms with Gasteiger partial charge in [-0.2, -0.15) is 0 Å². The molecule has 2 rings (SSSR count). The molecule has 2 aromatic carbocycles. The Hall–Kier alpha value is -2.87. The Morgan fingerprint density at radius 3 is 2.14 bits per heavy atom. The monoisotopic (exact) mass is 404 g/mol. The molecule has 150 valence electrons. The van der Waals surface area contributed by atoms with Crippen LogP contribution < -0.4 is 9.62 Å². The molecule has 0 spiro atoms. The van der Waals surface area contributed by atoms with Crippen LogP contribution in [0.4, 0.5) is 11.4 Å². The summed E-state index contributed by atoms with van der Waals surface area (Å²) >= 11 is 0. The third-order valence-electron chi connectivity index (χ3n) is 4.47. The molecule has 7 nitrogen and oxygen atoms in total. The van der Waals surface area contributed by atoms with Crippen molar-refractivity contribution >= 4 is 33.3 Å². The van der Waals surface area contributed by atoms with Crippen molar-refractivity contribution < 1.29 is 23.1 Å². The molecule has 0 heterocycles. The Morgan fingerprint density at radius 1 is 1.07 bits per heavy atom. The predicted octanol–water partition coefficient (Wildman–Crippen LogP) is 3.18. The minimum atomic E-state index is -3.72. The van der Waals surface area contributed by atoms with Crippen LogP contribution in [0.5, 0.6) is 0 Å². The quantitative estimate of drug-likeness (QED) is 0.738. The van der Waals surface area contributed by atoms with E-state index in [2.05, 4.69) is 5.32 Å². The molecule has 8 heteroatoms. The number of carbonyl (C=O) groups is 2. The van der Waals surface area contributed by atoms with Gasteiger partial charge in [0, 0.05) is 5.69 Å². The number of carboxylic acid groups (broad SMARTS) is 1. The van der Waals surface area contributed by atoms with Gasteiger partial charge in [0.1, 0.15) is 6.04 Å². The fourth-order valence-corrected chi connectivity index (χ4v) is 4.05. The number of sulfonamides is 1. The molecule has 0 aromatic heterocycles. The third-order valence-corrected chi connectivity index (χ3v) is 5.65. The van der Waals surface area contributed by atoms with Crippen LogP contribution in [-0.4, -0.2) is 37.7 Å². The second kappa shape index (κ2) is 8.43. The van der Waals surface area contributed by atoms with Crippen molar-refractivity contribution in [3.8, 4) is 0 Å². The topological polar surface area (TPSA) is 104 Å². The second-order valence-electron chi connectivity index (χ2n) is 6.62. The molecule has 28 heavy (non-hydrogen) atoms. The first-order chi connectivity index (χ1) is 13.0. The van der Waals surface area contributed by atoms with E-state index in [4.69, 9.17) is 5.11 Å². The number of carboxylic acids is 1. The van der Waals surface area contributed by atoms with Gasteiger partial charge >= 0.3 is 5.97 Å². The van der Waals surface area contributed by atoms with Crippen LogP contribution in [0.25, 0.3) is 0 Å². The highest BCUT2D eigenvalue weighted by atomic mass is 32.2. The summed E-state index contributed by atoms with van der Waals surface area (Å²) in [5.41, 5.74) is 2.85. The number of benzene rings is 2. The molecule has 1 atom stereocenters. The smallest absolute Gasteiger partial charge is 0.335 e. The van der Waals surface area contributed by atoms with Crippen LogP contribution in [0.1, 0.15) is 34.8 Å². The van der Waals surface area contributed by atoms with Gasteiger partial charge < -0.3 is 10.4 Å². The fraction of sp³-hybridized carbons (Fsp3) is 0.300. The number of anilines is 2. The summed E-state index contributed by atoms with van der Waals surface area (Å²) < 4.78 is 26.1. The van der Waals surface area contributed by atoms with Gasteiger partial charge in [0.05, 0.1) is 17.5 Å². The van der Waals surface area contributed by atoms with Crippen LogP contribution in [0, 0.1) is 13.8 Å². The molecule has 0 unspecified atom stereocenters. The first-order valence-electron chi connectivity index (χ1n) is 8.75. The van der Waals surface area contributed by atoms with Gasteiger partial charge in [0.15, 0.2) is 0 Å². The largest absolute Gasteiger partial charge is 0.478 e. The highest BCUT2D eigenvalue weighted by Gasteiger charge is 2.31. The van der Waals surface area contributed by atoms with Crippen molar-refractivity contribution in [2.45, 2.75) is 33.2 Å². The van der Waals surface area contributed by atoms with Gasteiger partial charge in [-0.3, -0.25) is 9.10 Å². The van der Waals surface area contributed by atoms with Crippen molar-refractivity contribution in [2.75, 3.05) is 15.9 Å². The minimum Gasteiger partial charge on any atom is -0.478 e. The van der Waals surface area contributed by atoms with E-state index in [9.17, 15) is 18.0 Å². The molecule has 0 radical (unpaired) electrons. The average Bonchev–Trinajstić information content (AvgIpc) is 2.61. The van der Waals surface area contributed by atoms with E-state index in [1.807, 2.05) is 19.9 Å². The number of amides is 1. The summed E-state index contributed by atoms with van der Waals surface area (Å²) in [5.74, 6) is -1.56. The van der Waals surface area contributed by atoms with E-state index in [0.717, 1.165) is 21.7 Å². The second-order valence-corrected chi connectivity index (χ2v) is 8.48. The van der Waals surface area contributed by atoms with Crippen LogP contribution in [0.3, 0.4) is 0 Å². The third kappa shape index (κ3) is 4.89. The van der Waals surface area contributed by atoms with E-state index >= 15 is 0 Å². The highest BCUT2D eigenvalue weighted by molar-refractivity contribution is 7.92. The van der Waals surface area contributed by atoms with Gasteiger partial charge in [-0.05, 0) is 67.8 Å². The van der Waals surface area contributed by atoms with Gasteiger partial charge in [-0.15, -0.1) is 0 Å². The van der Waals surface area contributed by atoms with E-state index in [-0.39, 0.29) is 12.0 Å². The normalized spacial score (nSPS) is 12.3. The van der Waals surface area contributed by atoms with Crippen molar-refractivity contribution in [1.82, 2.24) is 0 Å². The standard InChI is InChI=1S/C20H24N2O5S/c1-5-18(19(23)21-16-9-7-15(8-10-16)20(24)25)22(28(4,26)27)17-11-6-13(2)14(3)12-17/h6-12,18H,5H2,1-4H3,(H,21,23)(H,24,25)/t18-/m0/s1. The number of hydrogen-bond acceptors (Lipinski definition) is 4. The lowest BCUT2D eigenvalue weighted by Gasteiger charge is -2.30. The number of aryl methyl sites for hydroxylation is 2. The molecule has 2 N–H and O–H groups in total. The zero-order chi connectivity index (χ0) is 21.1. The van der Waals surface area contributed by atoms with Crippen LogP contribution in [0.15, 0.2) is 42.5 Å². The van der Waals surface area contributed by atoms with Gasteiger partial charge in [-0.25, -0.2) is 13.2 Å². The maximum absolute atomic E-state index is 12.8. The number of aromatic carboxylic acids is 1. The molecule has 0 aliphatic heterocycles. The van der Waals surface area contributed by atoms with Gasteiger partial charge in [0.25, 0.3) is 0 Å². The van der Waals surface area contributed by atoms with E-state index < -0.39 is 27.9 Å². The number of hydrogen-bond donors (Lipinski definition) is 2. The first-order valence-corrected chi connectivity index (χ1v) is 10.6. The van der Waals surface area contributed by atoms with E-state index in [1.165, 1.54) is 24.3 Å². The molecule has 0 saturated heterocycles. The first kappa shape index (κ1) is 21.4. The molecular formula is C20H24N2O5S. The molecule has 2 aromatic rings. The van der Waals surface area contributed by atoms with Crippen LogP contribution in [0.2, 0.25) is 0 Å². The zero-order valence-corrected chi connectivity index (χ0v) is 17.1. The summed E-state index contributed by atoms with van der Waals surface area (Å²) in [6.45, 7) is 5.54. The lowest BCUT2D eigenvalue weighted by Crippen LogP contribution is -2.47. The lowest BCUT2D eigenvalue weighted by atomic mass is 10.1. The lowest BCUT2D eigenvalue weighted by molar-refractivity contribution is -0.117. The molecule has 0 aliphatic rings. The van der Waals surface area contributed by atoms with E-state index in [0.29, 0.717) is 11.4 Å². The Kier molecular flexibility index (Phi) is 6.45. The Bertz CT molecular complexity index is 984. The highest BCUT2D eigenvalue weighted by Crippen LogP contribution is 2.25. The van der Waals surface area contributed by atoms with Crippen LogP contribution >= 0.6 is 0 Å². The maximum atomic E-state index is 12.8. The molecule has 0 aliphatic carbocycles. The summed E-state index contributed by atoms with van der Waals surface area (Å²) in [4.78, 5) is 23.8. The Labute approximate surface area is 165 Å². The van der Waals surface area contributed by atoms with Crippen molar-refractivity contribution in [3.63, 3.8) is 0 Å². The number of carbonyl (C=O) groups excluding carboxylic acids is 1. The number of rotatable bonds is 7. The van der Waals surface area contributed by atoms with Crippen LogP contribution in [-0.2, 0) is 14.8 Å². The van der Waals surface area contributed by atoms with Gasteiger partial charge in [0.2, 0.25) is 15.9 Å². The Balaban J connectivity index is 2.35. The number of nitrogens with one attached hydrogen (secondary N) is 1. The maximum Gasteiger partial charge on any atom is 0.335 e. The predicted molar refractivity (Wildman–Crippen MR) is 109 cm³/mol. The fourth-order valence-electron chi connectivity index (χ4n) is 2.84. The van der Waals surface area contributed by atoms with E-state index in [1.54, 1.807) is 19.1 Å². The summed E-state index contributed by atoms with van der Waals surface area (Å²) in [7, 11) is -3.72. The summed E-state index contributed by atoms with van der Waals surface area (Å²) in [6.07, 6.45) is 1.33. The molecular weight excluding hydrogens is 380 g/mol. The molecule has 0 bridgehead atoms. The molecule has 0 saturated carbocycles. The Morgan fingerprint density at radius 2 is 1.68 bits per heavy atom. The summed E-state index contributed by atoms with van der Waals surface area (Å²) in [5, 5.41) is 11.6. The average molecular weight is 404 g/mol. The van der Waals surface area contributed by atoms with Crippen molar-refractivity contribution in [1.29, 1.82) is 0 Å². The molecule has 0 fully saturated rings. The number of nitrogens with zero attached hydrogens (tertiary/aromatic N) is 1.